The molecular formula is C16H28Na2O9S. The van der Waals surface area contributed by atoms with E-state index in [1.165, 1.54) is 25.7 Å². The molecule has 0 aromatic heterocycles. The number of hydrogen-bond acceptors (Lipinski definition) is 7. The van der Waals surface area contributed by atoms with Crippen molar-refractivity contribution in [1.29, 1.82) is 0 Å². The zero-order valence-corrected chi connectivity index (χ0v) is 21.8. The molecule has 12 heteroatoms. The summed E-state index contributed by atoms with van der Waals surface area (Å²) in [5.74, 6) is -4.20. The first-order valence-corrected chi connectivity index (χ1v) is 10.1. The molecule has 0 aliphatic carbocycles. The van der Waals surface area contributed by atoms with Gasteiger partial charge in [0.15, 0.2) is 5.25 Å². The van der Waals surface area contributed by atoms with Crippen molar-refractivity contribution in [1.82, 2.24) is 0 Å². The molecule has 28 heavy (non-hydrogen) atoms. The van der Waals surface area contributed by atoms with E-state index in [0.29, 0.717) is 6.42 Å². The minimum atomic E-state index is -4.47. The average molecular weight is 442 g/mol. The standard InChI is InChI=1S/C12H24O5S.C4H6O4.2Na/c1-2-3-4-5-6-7-8-9-10-11(12(13)14)18(15,16)17;5-3(6)1-2-4(7)8;;/h11H,2-10H2,1H3,(H,13,14)(H,15,16,17);1-2H2,(H,5,6)(H,7,8);;/q;;2*+1/p-2. The number of carbonyl (C=O) groups excluding carboxylic acids is 2. The second-order valence-corrected chi connectivity index (χ2v) is 7.45. The van der Waals surface area contributed by atoms with Gasteiger partial charge in [-0.05, 0) is 19.3 Å². The summed E-state index contributed by atoms with van der Waals surface area (Å²) in [4.78, 5) is 29.6. The van der Waals surface area contributed by atoms with Crippen LogP contribution in [0.4, 0.5) is 0 Å². The quantitative estimate of drug-likeness (QED) is 0.151. The van der Waals surface area contributed by atoms with E-state index in [1.807, 2.05) is 0 Å². The van der Waals surface area contributed by atoms with Crippen molar-refractivity contribution in [2.24, 2.45) is 0 Å². The zero-order valence-electron chi connectivity index (χ0n) is 17.0. The Labute approximate surface area is 211 Å². The molecule has 0 saturated heterocycles. The molecule has 0 aromatic rings. The minimum Gasteiger partial charge on any atom is -0.550 e. The van der Waals surface area contributed by atoms with E-state index in [9.17, 15) is 33.0 Å². The first-order valence-electron chi connectivity index (χ1n) is 8.61. The second-order valence-electron chi connectivity index (χ2n) is 5.85. The van der Waals surface area contributed by atoms with Crippen LogP contribution in [0.5, 0.6) is 0 Å². The Balaban J connectivity index is -0.000000246. The van der Waals surface area contributed by atoms with Crippen molar-refractivity contribution < 1.29 is 102 Å². The van der Waals surface area contributed by atoms with E-state index in [1.54, 1.807) is 0 Å². The van der Waals surface area contributed by atoms with Crippen LogP contribution in [0.2, 0.25) is 0 Å². The molecule has 2 N–H and O–H groups in total. The van der Waals surface area contributed by atoms with Crippen molar-refractivity contribution in [3.63, 3.8) is 0 Å². The molecule has 1 atom stereocenters. The molecule has 0 aliphatic rings. The largest absolute Gasteiger partial charge is 1.00 e. The Morgan fingerprint density at radius 3 is 1.46 bits per heavy atom. The van der Waals surface area contributed by atoms with Crippen LogP contribution in [-0.4, -0.2) is 41.2 Å². The summed E-state index contributed by atoms with van der Waals surface area (Å²) in [5, 5.41) is 26.0. The Kier molecular flexibility index (Phi) is 28.1. The summed E-state index contributed by atoms with van der Waals surface area (Å²) in [6.45, 7) is 2.15. The molecule has 0 fully saturated rings. The van der Waals surface area contributed by atoms with E-state index in [-0.39, 0.29) is 65.5 Å². The van der Waals surface area contributed by atoms with Gasteiger partial charge in [-0.25, -0.2) is 0 Å². The third-order valence-electron chi connectivity index (χ3n) is 3.49. The summed E-state index contributed by atoms with van der Waals surface area (Å²) in [6, 6.07) is 0. The smallest absolute Gasteiger partial charge is 0.550 e. The van der Waals surface area contributed by atoms with Gasteiger partial charge in [0.1, 0.15) is 0 Å². The monoisotopic (exact) mass is 442 g/mol. The number of hydrogen-bond donors (Lipinski definition) is 2. The molecule has 154 valence electrons. The van der Waals surface area contributed by atoms with E-state index in [2.05, 4.69) is 6.92 Å². The van der Waals surface area contributed by atoms with Crippen LogP contribution >= 0.6 is 0 Å². The molecule has 0 amide bonds. The topological polar surface area (TPSA) is 172 Å². The van der Waals surface area contributed by atoms with Crippen molar-refractivity contribution in [2.45, 2.75) is 82.8 Å². The SMILES string of the molecule is CCCCCCCCCCC(C(=O)O)S(=O)(=O)O.O=C([O-])CCC(=O)[O-].[Na+].[Na+]. The van der Waals surface area contributed by atoms with Crippen LogP contribution in [0, 0.1) is 0 Å². The van der Waals surface area contributed by atoms with Gasteiger partial charge in [0.2, 0.25) is 0 Å². The summed E-state index contributed by atoms with van der Waals surface area (Å²) >= 11 is 0. The van der Waals surface area contributed by atoms with Crippen molar-refractivity contribution in [2.75, 3.05) is 0 Å². The fourth-order valence-electron chi connectivity index (χ4n) is 2.07. The summed E-state index contributed by atoms with van der Waals surface area (Å²) in [5.41, 5.74) is 0. The van der Waals surface area contributed by atoms with Gasteiger partial charge in [-0.3, -0.25) is 9.35 Å². The van der Waals surface area contributed by atoms with E-state index in [0.717, 1.165) is 19.3 Å². The molecule has 0 heterocycles. The fraction of sp³-hybridized carbons (Fsp3) is 0.812. The van der Waals surface area contributed by atoms with Crippen LogP contribution in [0.15, 0.2) is 0 Å². The maximum absolute atomic E-state index is 10.8. The molecule has 1 unspecified atom stereocenters. The molecule has 9 nitrogen and oxygen atoms in total. The third-order valence-corrected chi connectivity index (χ3v) is 4.64. The molecule has 0 bridgehead atoms. The van der Waals surface area contributed by atoms with Crippen molar-refractivity contribution in [3.8, 4) is 0 Å². The first kappa shape index (κ1) is 35.7. The van der Waals surface area contributed by atoms with Crippen LogP contribution in [0.1, 0.15) is 77.6 Å². The van der Waals surface area contributed by atoms with Gasteiger partial charge in [-0.2, -0.15) is 8.42 Å². The summed E-state index contributed by atoms with van der Waals surface area (Å²) in [7, 11) is -4.47. The minimum absolute atomic E-state index is 0. The van der Waals surface area contributed by atoms with Gasteiger partial charge in [-0.1, -0.05) is 58.3 Å². The predicted molar refractivity (Wildman–Crippen MR) is 89.4 cm³/mol. The fourth-order valence-corrected chi connectivity index (χ4v) is 2.79. The van der Waals surface area contributed by atoms with Gasteiger partial charge in [-0.15, -0.1) is 0 Å². The molecule has 0 aliphatic heterocycles. The molecule has 0 saturated carbocycles. The number of rotatable bonds is 14. The summed E-state index contributed by atoms with van der Waals surface area (Å²) in [6.07, 6.45) is 7.31. The number of unbranched alkanes of at least 4 members (excludes halogenated alkanes) is 7. The average Bonchev–Trinajstić information content (AvgIpc) is 2.50. The van der Waals surface area contributed by atoms with Crippen molar-refractivity contribution in [3.05, 3.63) is 0 Å². The van der Waals surface area contributed by atoms with E-state index < -0.39 is 46.1 Å². The van der Waals surface area contributed by atoms with Gasteiger partial charge in [0.05, 0.1) is 0 Å². The van der Waals surface area contributed by atoms with E-state index in [4.69, 9.17) is 9.66 Å². The van der Waals surface area contributed by atoms with Crippen molar-refractivity contribution >= 4 is 28.0 Å². The number of aliphatic carboxylic acids is 3. The van der Waals surface area contributed by atoms with Crippen LogP contribution < -0.4 is 69.3 Å². The maximum Gasteiger partial charge on any atom is 1.00 e. The number of carboxylic acid groups (broad SMARTS) is 3. The first-order chi connectivity index (χ1) is 12.0. The van der Waals surface area contributed by atoms with Gasteiger partial charge >= 0.3 is 65.1 Å². The Morgan fingerprint density at radius 2 is 1.18 bits per heavy atom. The normalized spacial score (nSPS) is 11.1. The Bertz CT molecular complexity index is 510. The molecule has 0 spiro atoms. The number of carboxylic acids is 3. The van der Waals surface area contributed by atoms with Gasteiger partial charge in [0, 0.05) is 11.9 Å². The molecule has 0 rings (SSSR count). The second kappa shape index (κ2) is 22.0. The molecular weight excluding hydrogens is 414 g/mol. The maximum atomic E-state index is 10.8. The van der Waals surface area contributed by atoms with Crippen LogP contribution in [-0.2, 0) is 24.5 Å². The Hall–Kier alpha value is 0.320. The van der Waals surface area contributed by atoms with Gasteiger partial charge < -0.3 is 24.9 Å². The van der Waals surface area contributed by atoms with Gasteiger partial charge in [0.25, 0.3) is 10.1 Å². The summed E-state index contributed by atoms with van der Waals surface area (Å²) < 4.78 is 30.3. The molecule has 0 aromatic carbocycles. The van der Waals surface area contributed by atoms with Crippen LogP contribution in [0.3, 0.4) is 0 Å². The zero-order chi connectivity index (χ0) is 20.6. The third kappa shape index (κ3) is 26.3. The molecule has 0 radical (unpaired) electrons. The number of carbonyl (C=O) groups is 3. The van der Waals surface area contributed by atoms with Crippen LogP contribution in [0.25, 0.3) is 0 Å². The van der Waals surface area contributed by atoms with E-state index >= 15 is 0 Å². The Morgan fingerprint density at radius 1 is 0.821 bits per heavy atom. The predicted octanol–water partition coefficient (Wildman–Crippen LogP) is -5.87.